The van der Waals surface area contributed by atoms with Crippen LogP contribution in [-0.2, 0) is 0 Å². The third kappa shape index (κ3) is 2.40. The second-order valence-corrected chi connectivity index (χ2v) is 5.19. The lowest BCUT2D eigenvalue weighted by Gasteiger charge is -2.09. The average molecular weight is 283 g/mol. The molecule has 100 valence electrons. The molecule has 3 rings (SSSR count). The zero-order chi connectivity index (χ0) is 13.9. The molecular weight excluding hydrogens is 270 g/mol. The summed E-state index contributed by atoms with van der Waals surface area (Å²) in [6, 6.07) is 15.4. The Bertz CT molecular complexity index is 761. The van der Waals surface area contributed by atoms with Crippen molar-refractivity contribution < 1.29 is 4.74 Å². The number of nitrogen functional groups attached to an aromatic ring is 1. The van der Waals surface area contributed by atoms with Crippen LogP contribution in [0.25, 0.3) is 11.0 Å². The van der Waals surface area contributed by atoms with Gasteiger partial charge in [-0.15, -0.1) is 0 Å². The van der Waals surface area contributed by atoms with Crippen molar-refractivity contribution in [1.82, 2.24) is 9.97 Å². The summed E-state index contributed by atoms with van der Waals surface area (Å²) >= 11 is 1.46. The number of aromatic nitrogens is 2. The Hall–Kier alpha value is -2.27. The van der Waals surface area contributed by atoms with Gasteiger partial charge in [0.25, 0.3) is 0 Å². The van der Waals surface area contributed by atoms with Gasteiger partial charge < -0.3 is 10.5 Å². The van der Waals surface area contributed by atoms with Crippen molar-refractivity contribution in [2.75, 3.05) is 12.8 Å². The number of methoxy groups -OCH3 is 1. The van der Waals surface area contributed by atoms with Crippen LogP contribution in [0.4, 0.5) is 5.82 Å². The van der Waals surface area contributed by atoms with Crippen molar-refractivity contribution in [2.24, 2.45) is 0 Å². The SMILES string of the molecule is COc1ccccc1Sc1nc2ccccc2nc1N. The van der Waals surface area contributed by atoms with E-state index in [9.17, 15) is 0 Å². The molecule has 2 N–H and O–H groups in total. The zero-order valence-electron chi connectivity index (χ0n) is 10.9. The Morgan fingerprint density at radius 1 is 0.950 bits per heavy atom. The van der Waals surface area contributed by atoms with E-state index in [1.807, 2.05) is 48.5 Å². The summed E-state index contributed by atoms with van der Waals surface area (Å²) in [7, 11) is 1.65. The smallest absolute Gasteiger partial charge is 0.157 e. The predicted molar refractivity (Wildman–Crippen MR) is 81.1 cm³/mol. The number of nitrogens with zero attached hydrogens (tertiary/aromatic N) is 2. The summed E-state index contributed by atoms with van der Waals surface area (Å²) in [4.78, 5) is 9.91. The number of para-hydroxylation sites is 3. The van der Waals surface area contributed by atoms with E-state index in [2.05, 4.69) is 9.97 Å². The molecule has 5 heteroatoms. The molecule has 4 nitrogen and oxygen atoms in total. The zero-order valence-corrected chi connectivity index (χ0v) is 11.7. The van der Waals surface area contributed by atoms with Gasteiger partial charge in [0.2, 0.25) is 0 Å². The highest BCUT2D eigenvalue weighted by atomic mass is 32.2. The molecule has 0 saturated heterocycles. The lowest BCUT2D eigenvalue weighted by molar-refractivity contribution is 0.405. The monoisotopic (exact) mass is 283 g/mol. The average Bonchev–Trinajstić information content (AvgIpc) is 2.48. The van der Waals surface area contributed by atoms with Crippen LogP contribution in [0.5, 0.6) is 5.75 Å². The minimum absolute atomic E-state index is 0.430. The second-order valence-electron chi connectivity index (χ2n) is 4.16. The maximum atomic E-state index is 5.99. The lowest BCUT2D eigenvalue weighted by Crippen LogP contribution is -1.97. The number of rotatable bonds is 3. The van der Waals surface area contributed by atoms with Crippen LogP contribution >= 0.6 is 11.8 Å². The van der Waals surface area contributed by atoms with Crippen molar-refractivity contribution in [3.8, 4) is 5.75 Å². The molecule has 2 aromatic carbocycles. The lowest BCUT2D eigenvalue weighted by atomic mass is 10.3. The number of nitrogens with two attached hydrogens (primary N) is 1. The summed E-state index contributed by atoms with van der Waals surface area (Å²) in [6.45, 7) is 0. The summed E-state index contributed by atoms with van der Waals surface area (Å²) in [5.41, 5.74) is 7.62. The van der Waals surface area contributed by atoms with Crippen molar-refractivity contribution in [1.29, 1.82) is 0 Å². The van der Waals surface area contributed by atoms with Crippen molar-refractivity contribution in [3.63, 3.8) is 0 Å². The molecule has 3 aromatic rings. The predicted octanol–water partition coefficient (Wildman–Crippen LogP) is 3.37. The van der Waals surface area contributed by atoms with Gasteiger partial charge in [0.05, 0.1) is 23.0 Å². The van der Waals surface area contributed by atoms with Crippen LogP contribution in [0, 0.1) is 0 Å². The highest BCUT2D eigenvalue weighted by Crippen LogP contribution is 2.36. The van der Waals surface area contributed by atoms with E-state index in [0.717, 1.165) is 21.7 Å². The molecule has 20 heavy (non-hydrogen) atoms. The van der Waals surface area contributed by atoms with Crippen LogP contribution in [0.15, 0.2) is 58.5 Å². The van der Waals surface area contributed by atoms with Gasteiger partial charge in [-0.1, -0.05) is 36.0 Å². The molecule has 0 aliphatic heterocycles. The van der Waals surface area contributed by atoms with Crippen LogP contribution in [0.1, 0.15) is 0 Å². The van der Waals surface area contributed by atoms with Gasteiger partial charge in [-0.05, 0) is 24.3 Å². The van der Waals surface area contributed by atoms with E-state index in [-0.39, 0.29) is 0 Å². The van der Waals surface area contributed by atoms with E-state index in [0.29, 0.717) is 10.8 Å². The third-order valence-corrected chi connectivity index (χ3v) is 3.89. The van der Waals surface area contributed by atoms with E-state index in [4.69, 9.17) is 10.5 Å². The summed E-state index contributed by atoms with van der Waals surface area (Å²) < 4.78 is 5.34. The highest BCUT2D eigenvalue weighted by Gasteiger charge is 2.10. The maximum Gasteiger partial charge on any atom is 0.157 e. The van der Waals surface area contributed by atoms with Crippen molar-refractivity contribution in [3.05, 3.63) is 48.5 Å². The minimum Gasteiger partial charge on any atom is -0.496 e. The number of fused-ring (bicyclic) bond motifs is 1. The summed E-state index contributed by atoms with van der Waals surface area (Å²) in [5.74, 6) is 1.23. The first kappa shape index (κ1) is 12.7. The standard InChI is InChI=1S/C15H13N3OS/c1-19-12-8-4-5-9-13(12)20-15-14(16)17-10-6-2-3-7-11(10)18-15/h2-9H,1H3,(H2,16,17). The fourth-order valence-corrected chi connectivity index (χ4v) is 2.78. The minimum atomic E-state index is 0.430. The van der Waals surface area contributed by atoms with E-state index >= 15 is 0 Å². The third-order valence-electron chi connectivity index (χ3n) is 2.84. The van der Waals surface area contributed by atoms with Crippen LogP contribution in [0.2, 0.25) is 0 Å². The Morgan fingerprint density at radius 2 is 1.60 bits per heavy atom. The molecule has 0 unspecified atom stereocenters. The Labute approximate surface area is 121 Å². The van der Waals surface area contributed by atoms with Crippen LogP contribution < -0.4 is 10.5 Å². The normalized spacial score (nSPS) is 10.7. The molecule has 0 amide bonds. The molecule has 1 heterocycles. The number of benzene rings is 2. The molecule has 0 spiro atoms. The fraction of sp³-hybridized carbons (Fsp3) is 0.0667. The van der Waals surface area contributed by atoms with Crippen LogP contribution in [0.3, 0.4) is 0 Å². The molecule has 0 atom stereocenters. The van der Waals surface area contributed by atoms with E-state index < -0.39 is 0 Å². The van der Waals surface area contributed by atoms with Crippen molar-refractivity contribution >= 4 is 28.6 Å². The van der Waals surface area contributed by atoms with Gasteiger partial charge in [0, 0.05) is 0 Å². The molecular formula is C15H13N3OS. The number of ether oxygens (including phenoxy) is 1. The molecule has 0 radical (unpaired) electrons. The second kappa shape index (κ2) is 5.38. The van der Waals surface area contributed by atoms with Gasteiger partial charge in [-0.2, -0.15) is 0 Å². The van der Waals surface area contributed by atoms with E-state index in [1.165, 1.54) is 11.8 Å². The largest absolute Gasteiger partial charge is 0.496 e. The number of hydrogen-bond acceptors (Lipinski definition) is 5. The first-order valence-electron chi connectivity index (χ1n) is 6.11. The van der Waals surface area contributed by atoms with Crippen LogP contribution in [-0.4, -0.2) is 17.1 Å². The fourth-order valence-electron chi connectivity index (χ4n) is 1.88. The summed E-state index contributed by atoms with van der Waals surface area (Å²) in [6.07, 6.45) is 0. The van der Waals surface area contributed by atoms with Gasteiger partial charge >= 0.3 is 0 Å². The van der Waals surface area contributed by atoms with Crippen molar-refractivity contribution in [2.45, 2.75) is 9.92 Å². The number of anilines is 1. The van der Waals surface area contributed by atoms with Gasteiger partial charge in [0.1, 0.15) is 10.8 Å². The first-order valence-corrected chi connectivity index (χ1v) is 6.92. The quantitative estimate of drug-likeness (QED) is 0.798. The van der Waals surface area contributed by atoms with Gasteiger partial charge in [-0.25, -0.2) is 9.97 Å². The molecule has 1 aromatic heterocycles. The Morgan fingerprint density at radius 3 is 2.35 bits per heavy atom. The first-order chi connectivity index (χ1) is 9.78. The number of hydrogen-bond donors (Lipinski definition) is 1. The highest BCUT2D eigenvalue weighted by molar-refractivity contribution is 7.99. The Kier molecular flexibility index (Phi) is 3.43. The van der Waals surface area contributed by atoms with Gasteiger partial charge in [-0.3, -0.25) is 0 Å². The molecule has 0 bridgehead atoms. The van der Waals surface area contributed by atoms with E-state index in [1.54, 1.807) is 7.11 Å². The van der Waals surface area contributed by atoms with Gasteiger partial charge in [0.15, 0.2) is 5.82 Å². The topological polar surface area (TPSA) is 61.0 Å². The maximum absolute atomic E-state index is 5.99. The molecule has 0 aliphatic carbocycles. The molecule has 0 saturated carbocycles. The Balaban J connectivity index is 2.04. The summed E-state index contributed by atoms with van der Waals surface area (Å²) in [5, 5.41) is 0.688. The molecule has 0 fully saturated rings. The molecule has 0 aliphatic rings.